The lowest BCUT2D eigenvalue weighted by Crippen LogP contribution is -2.20. The molecule has 1 aromatic carbocycles. The summed E-state index contributed by atoms with van der Waals surface area (Å²) in [4.78, 5) is 0. The van der Waals surface area contributed by atoms with Gasteiger partial charge in [0.1, 0.15) is 5.75 Å². The second-order valence-electron chi connectivity index (χ2n) is 5.01. The molecule has 0 aliphatic carbocycles. The van der Waals surface area contributed by atoms with E-state index in [4.69, 9.17) is 15.2 Å². The van der Waals surface area contributed by atoms with E-state index < -0.39 is 0 Å². The molecule has 3 nitrogen and oxygen atoms in total. The number of benzene rings is 1. The third kappa shape index (κ3) is 6.29. The van der Waals surface area contributed by atoms with Crippen LogP contribution in [0.1, 0.15) is 32.8 Å². The van der Waals surface area contributed by atoms with Crippen LogP contribution in [0.2, 0.25) is 0 Å². The van der Waals surface area contributed by atoms with Crippen LogP contribution < -0.4 is 10.5 Å². The minimum absolute atomic E-state index is 0.0667. The van der Waals surface area contributed by atoms with Crippen molar-refractivity contribution in [1.29, 1.82) is 0 Å². The lowest BCUT2D eigenvalue weighted by Gasteiger charge is -2.19. The summed E-state index contributed by atoms with van der Waals surface area (Å²) in [5, 5.41) is 0. The summed E-state index contributed by atoms with van der Waals surface area (Å²) >= 11 is 0. The monoisotopic (exact) mass is 237 g/mol. The van der Waals surface area contributed by atoms with Crippen LogP contribution in [0.4, 0.5) is 0 Å². The Balaban J connectivity index is 2.18. The first-order valence-electron chi connectivity index (χ1n) is 6.07. The lowest BCUT2D eigenvalue weighted by molar-refractivity contribution is -0.00768. The van der Waals surface area contributed by atoms with Gasteiger partial charge in [0.2, 0.25) is 0 Å². The summed E-state index contributed by atoms with van der Waals surface area (Å²) in [5.41, 5.74) is 6.58. The molecular weight excluding hydrogens is 214 g/mol. The molecule has 0 aromatic heterocycles. The van der Waals surface area contributed by atoms with Gasteiger partial charge < -0.3 is 15.2 Å². The standard InChI is InChI=1S/C14H23NO2/c1-14(2,3)17-10-4-9-16-13-7-5-12(11-15)6-8-13/h5-8H,4,9-11,15H2,1-3H3. The van der Waals surface area contributed by atoms with Crippen LogP contribution in [0.15, 0.2) is 24.3 Å². The molecule has 0 bridgehead atoms. The predicted molar refractivity (Wildman–Crippen MR) is 70.2 cm³/mol. The van der Waals surface area contributed by atoms with Crippen molar-refractivity contribution in [2.24, 2.45) is 5.73 Å². The maximum Gasteiger partial charge on any atom is 0.119 e. The Morgan fingerprint density at radius 3 is 2.24 bits per heavy atom. The third-order valence-corrected chi connectivity index (χ3v) is 2.25. The van der Waals surface area contributed by atoms with Gasteiger partial charge in [0.15, 0.2) is 0 Å². The highest BCUT2D eigenvalue weighted by molar-refractivity contribution is 5.26. The minimum atomic E-state index is -0.0667. The highest BCUT2D eigenvalue weighted by Gasteiger charge is 2.08. The van der Waals surface area contributed by atoms with Gasteiger partial charge in [-0.2, -0.15) is 0 Å². The van der Waals surface area contributed by atoms with Gasteiger partial charge in [0.25, 0.3) is 0 Å². The van der Waals surface area contributed by atoms with Crippen molar-refractivity contribution in [1.82, 2.24) is 0 Å². The zero-order chi connectivity index (χ0) is 12.7. The van der Waals surface area contributed by atoms with E-state index in [1.807, 2.05) is 24.3 Å². The Bertz CT molecular complexity index is 314. The predicted octanol–water partition coefficient (Wildman–Crippen LogP) is 2.73. The van der Waals surface area contributed by atoms with Crippen molar-refractivity contribution in [2.75, 3.05) is 13.2 Å². The summed E-state index contributed by atoms with van der Waals surface area (Å²) in [6.07, 6.45) is 0.899. The molecule has 1 aromatic rings. The van der Waals surface area contributed by atoms with E-state index in [1.165, 1.54) is 0 Å². The molecule has 0 heterocycles. The fourth-order valence-electron chi connectivity index (χ4n) is 1.35. The third-order valence-electron chi connectivity index (χ3n) is 2.25. The van der Waals surface area contributed by atoms with Gasteiger partial charge in [-0.25, -0.2) is 0 Å². The van der Waals surface area contributed by atoms with Crippen molar-refractivity contribution in [3.05, 3.63) is 29.8 Å². The zero-order valence-corrected chi connectivity index (χ0v) is 11.0. The Morgan fingerprint density at radius 1 is 1.06 bits per heavy atom. The molecule has 0 radical (unpaired) electrons. The number of hydrogen-bond acceptors (Lipinski definition) is 3. The van der Waals surface area contributed by atoms with E-state index >= 15 is 0 Å². The summed E-state index contributed by atoms with van der Waals surface area (Å²) in [6.45, 7) is 8.14. The SMILES string of the molecule is CC(C)(C)OCCCOc1ccc(CN)cc1. The van der Waals surface area contributed by atoms with Gasteiger partial charge in [0.05, 0.1) is 18.8 Å². The summed E-state index contributed by atoms with van der Waals surface area (Å²) in [7, 11) is 0. The molecule has 17 heavy (non-hydrogen) atoms. The van der Waals surface area contributed by atoms with Crippen LogP contribution in [-0.4, -0.2) is 18.8 Å². The quantitative estimate of drug-likeness (QED) is 0.774. The van der Waals surface area contributed by atoms with E-state index in [9.17, 15) is 0 Å². The molecule has 0 aliphatic heterocycles. The topological polar surface area (TPSA) is 44.5 Å². The highest BCUT2D eigenvalue weighted by Crippen LogP contribution is 2.12. The van der Waals surface area contributed by atoms with Crippen LogP contribution in [0, 0.1) is 0 Å². The van der Waals surface area contributed by atoms with Gasteiger partial charge in [-0.05, 0) is 38.5 Å². The molecule has 0 aliphatic rings. The molecule has 0 atom stereocenters. The van der Waals surface area contributed by atoms with E-state index in [0.29, 0.717) is 13.2 Å². The van der Waals surface area contributed by atoms with Crippen molar-refractivity contribution in [2.45, 2.75) is 39.3 Å². The van der Waals surface area contributed by atoms with E-state index in [0.717, 1.165) is 24.3 Å². The number of hydrogen-bond donors (Lipinski definition) is 1. The fraction of sp³-hybridized carbons (Fsp3) is 0.571. The van der Waals surface area contributed by atoms with Crippen LogP contribution in [0.3, 0.4) is 0 Å². The Morgan fingerprint density at radius 2 is 1.71 bits per heavy atom. The molecule has 2 N–H and O–H groups in total. The average Bonchev–Trinajstić information content (AvgIpc) is 2.28. The lowest BCUT2D eigenvalue weighted by atomic mass is 10.2. The second kappa shape index (κ2) is 6.62. The molecular formula is C14H23NO2. The number of nitrogens with two attached hydrogens (primary N) is 1. The molecule has 0 saturated heterocycles. The van der Waals surface area contributed by atoms with E-state index in [1.54, 1.807) is 0 Å². The molecule has 1 rings (SSSR count). The largest absolute Gasteiger partial charge is 0.494 e. The molecule has 0 saturated carbocycles. The normalized spacial score (nSPS) is 11.5. The molecule has 0 amide bonds. The van der Waals surface area contributed by atoms with Crippen LogP contribution in [-0.2, 0) is 11.3 Å². The van der Waals surface area contributed by atoms with Crippen LogP contribution in [0.5, 0.6) is 5.75 Å². The highest BCUT2D eigenvalue weighted by atomic mass is 16.5. The average molecular weight is 237 g/mol. The molecule has 0 unspecified atom stereocenters. The summed E-state index contributed by atoms with van der Waals surface area (Å²) < 4.78 is 11.2. The Labute approximate surface area is 104 Å². The smallest absolute Gasteiger partial charge is 0.119 e. The zero-order valence-electron chi connectivity index (χ0n) is 11.0. The number of ether oxygens (including phenoxy) is 2. The fourth-order valence-corrected chi connectivity index (χ4v) is 1.35. The Kier molecular flexibility index (Phi) is 5.45. The molecule has 3 heteroatoms. The maximum absolute atomic E-state index is 5.61. The van der Waals surface area contributed by atoms with Crippen LogP contribution >= 0.6 is 0 Å². The first kappa shape index (κ1) is 14.0. The van der Waals surface area contributed by atoms with Crippen molar-refractivity contribution >= 4 is 0 Å². The van der Waals surface area contributed by atoms with Crippen molar-refractivity contribution < 1.29 is 9.47 Å². The van der Waals surface area contributed by atoms with Gasteiger partial charge >= 0.3 is 0 Å². The maximum atomic E-state index is 5.61. The second-order valence-corrected chi connectivity index (χ2v) is 5.01. The summed E-state index contributed by atoms with van der Waals surface area (Å²) in [6, 6.07) is 7.88. The van der Waals surface area contributed by atoms with Crippen molar-refractivity contribution in [3.63, 3.8) is 0 Å². The molecule has 0 spiro atoms. The van der Waals surface area contributed by atoms with Gasteiger partial charge in [-0.3, -0.25) is 0 Å². The van der Waals surface area contributed by atoms with Gasteiger partial charge in [0, 0.05) is 13.0 Å². The first-order chi connectivity index (χ1) is 8.01. The molecule has 96 valence electrons. The molecule has 0 fully saturated rings. The van der Waals surface area contributed by atoms with Gasteiger partial charge in [-0.15, -0.1) is 0 Å². The van der Waals surface area contributed by atoms with E-state index in [2.05, 4.69) is 20.8 Å². The number of rotatable bonds is 6. The van der Waals surface area contributed by atoms with Crippen LogP contribution in [0.25, 0.3) is 0 Å². The Hall–Kier alpha value is -1.06. The van der Waals surface area contributed by atoms with E-state index in [-0.39, 0.29) is 5.60 Å². The van der Waals surface area contributed by atoms with Crippen molar-refractivity contribution in [3.8, 4) is 5.75 Å². The first-order valence-corrected chi connectivity index (χ1v) is 6.07. The van der Waals surface area contributed by atoms with Gasteiger partial charge in [-0.1, -0.05) is 12.1 Å². The summed E-state index contributed by atoms with van der Waals surface area (Å²) in [5.74, 6) is 0.887. The minimum Gasteiger partial charge on any atom is -0.494 e.